The van der Waals surface area contributed by atoms with Crippen molar-refractivity contribution in [3.05, 3.63) is 34.9 Å². The summed E-state index contributed by atoms with van der Waals surface area (Å²) in [4.78, 5) is 23.5. The highest BCUT2D eigenvalue weighted by Crippen LogP contribution is 2.11. The van der Waals surface area contributed by atoms with Crippen LogP contribution in [0.2, 0.25) is 0 Å². The second-order valence-electron chi connectivity index (χ2n) is 5.01. The molecule has 0 aromatic heterocycles. The van der Waals surface area contributed by atoms with Gasteiger partial charge >= 0.3 is 5.97 Å². The number of hydrogen-bond donors (Lipinski definition) is 1. The number of amides is 1. The molecule has 0 bridgehead atoms. The molecule has 0 fully saturated rings. The van der Waals surface area contributed by atoms with E-state index in [1.54, 1.807) is 14.0 Å². The Kier molecular flexibility index (Phi) is 6.88. The Bertz CT molecular complexity index is 499. The summed E-state index contributed by atoms with van der Waals surface area (Å²) >= 11 is 0. The fraction of sp³-hybridized carbons (Fsp3) is 0.500. The molecule has 0 aliphatic heterocycles. The van der Waals surface area contributed by atoms with Crippen LogP contribution in [-0.4, -0.2) is 38.2 Å². The number of esters is 1. The minimum Gasteiger partial charge on any atom is -0.452 e. The number of rotatable bonds is 7. The lowest BCUT2D eigenvalue weighted by molar-refractivity contribution is -0.154. The summed E-state index contributed by atoms with van der Waals surface area (Å²) in [5.74, 6) is -0.729. The number of ether oxygens (including phenoxy) is 2. The fourth-order valence-corrected chi connectivity index (χ4v) is 1.79. The van der Waals surface area contributed by atoms with Gasteiger partial charge in [0.25, 0.3) is 5.91 Å². The fourth-order valence-electron chi connectivity index (χ4n) is 1.79. The quantitative estimate of drug-likeness (QED) is 0.612. The van der Waals surface area contributed by atoms with Crippen LogP contribution in [0, 0.1) is 13.8 Å². The highest BCUT2D eigenvalue weighted by atomic mass is 16.5. The van der Waals surface area contributed by atoms with Gasteiger partial charge in [-0.25, -0.2) is 0 Å². The monoisotopic (exact) mass is 293 g/mol. The maximum atomic E-state index is 11.8. The number of methoxy groups -OCH3 is 1. The SMILES string of the molecule is COCCNC(=O)[C@H](C)OC(=O)Cc1ccc(C)c(C)c1. The van der Waals surface area contributed by atoms with Crippen LogP contribution in [0.15, 0.2) is 18.2 Å². The second kappa shape index (κ2) is 8.42. The average Bonchev–Trinajstić information content (AvgIpc) is 2.43. The lowest BCUT2D eigenvalue weighted by Crippen LogP contribution is -2.37. The van der Waals surface area contributed by atoms with Crippen LogP contribution >= 0.6 is 0 Å². The topological polar surface area (TPSA) is 64.6 Å². The van der Waals surface area contributed by atoms with Crippen molar-refractivity contribution in [3.63, 3.8) is 0 Å². The zero-order chi connectivity index (χ0) is 15.8. The van der Waals surface area contributed by atoms with E-state index in [1.807, 2.05) is 32.0 Å². The largest absolute Gasteiger partial charge is 0.452 e. The van der Waals surface area contributed by atoms with Crippen LogP contribution in [-0.2, 0) is 25.5 Å². The van der Waals surface area contributed by atoms with E-state index in [-0.39, 0.29) is 12.3 Å². The maximum Gasteiger partial charge on any atom is 0.311 e. The summed E-state index contributed by atoms with van der Waals surface area (Å²) in [5.41, 5.74) is 3.19. The van der Waals surface area contributed by atoms with Gasteiger partial charge in [-0.2, -0.15) is 0 Å². The first-order chi connectivity index (χ1) is 9.93. The van der Waals surface area contributed by atoms with Crippen molar-refractivity contribution in [2.45, 2.75) is 33.3 Å². The molecule has 0 radical (unpaired) electrons. The van der Waals surface area contributed by atoms with E-state index in [9.17, 15) is 9.59 Å². The van der Waals surface area contributed by atoms with Gasteiger partial charge in [0, 0.05) is 13.7 Å². The van der Waals surface area contributed by atoms with Crippen LogP contribution in [0.25, 0.3) is 0 Å². The Morgan fingerprint density at radius 2 is 1.95 bits per heavy atom. The molecule has 0 saturated heterocycles. The molecule has 0 spiro atoms. The van der Waals surface area contributed by atoms with Gasteiger partial charge in [-0.3, -0.25) is 9.59 Å². The van der Waals surface area contributed by atoms with Crippen molar-refractivity contribution in [2.24, 2.45) is 0 Å². The van der Waals surface area contributed by atoms with E-state index in [4.69, 9.17) is 9.47 Å². The smallest absolute Gasteiger partial charge is 0.311 e. The molecule has 0 aliphatic carbocycles. The summed E-state index contributed by atoms with van der Waals surface area (Å²) in [6.45, 7) is 6.39. The molecule has 0 saturated carbocycles. The number of nitrogens with one attached hydrogen (secondary N) is 1. The van der Waals surface area contributed by atoms with Crippen molar-refractivity contribution in [3.8, 4) is 0 Å². The maximum absolute atomic E-state index is 11.8. The lowest BCUT2D eigenvalue weighted by Gasteiger charge is -2.13. The van der Waals surface area contributed by atoms with Crippen molar-refractivity contribution in [1.29, 1.82) is 0 Å². The zero-order valence-corrected chi connectivity index (χ0v) is 13.1. The summed E-state index contributed by atoms with van der Waals surface area (Å²) in [5, 5.41) is 2.63. The summed E-state index contributed by atoms with van der Waals surface area (Å²) in [7, 11) is 1.55. The third kappa shape index (κ3) is 5.95. The number of carbonyl (C=O) groups is 2. The first-order valence-electron chi connectivity index (χ1n) is 6.96. The van der Waals surface area contributed by atoms with Gasteiger partial charge in [-0.05, 0) is 37.5 Å². The Labute approximate surface area is 125 Å². The molecule has 5 heteroatoms. The molecule has 1 amide bonds. The van der Waals surface area contributed by atoms with E-state index in [0.29, 0.717) is 13.2 Å². The number of aryl methyl sites for hydroxylation is 2. The molecule has 0 unspecified atom stereocenters. The number of hydrogen-bond acceptors (Lipinski definition) is 4. The van der Waals surface area contributed by atoms with E-state index in [1.165, 1.54) is 5.56 Å². The normalized spacial score (nSPS) is 11.8. The minimum absolute atomic E-state index is 0.164. The van der Waals surface area contributed by atoms with Gasteiger partial charge in [0.15, 0.2) is 6.10 Å². The summed E-state index contributed by atoms with van der Waals surface area (Å²) < 4.78 is 9.96. The highest BCUT2D eigenvalue weighted by molar-refractivity contribution is 5.83. The third-order valence-electron chi connectivity index (χ3n) is 3.20. The first-order valence-corrected chi connectivity index (χ1v) is 6.96. The second-order valence-corrected chi connectivity index (χ2v) is 5.01. The molecule has 1 atom stereocenters. The van der Waals surface area contributed by atoms with Crippen LogP contribution in [0.5, 0.6) is 0 Å². The molecule has 1 aromatic carbocycles. The van der Waals surface area contributed by atoms with E-state index in [2.05, 4.69) is 5.32 Å². The van der Waals surface area contributed by atoms with E-state index in [0.717, 1.165) is 11.1 Å². The first kappa shape index (κ1) is 17.2. The number of benzene rings is 1. The predicted molar refractivity (Wildman–Crippen MR) is 80.1 cm³/mol. The molecule has 1 N–H and O–H groups in total. The standard InChI is InChI=1S/C16H23NO4/c1-11-5-6-14(9-12(11)2)10-15(18)21-13(3)16(19)17-7-8-20-4/h5-6,9,13H,7-8,10H2,1-4H3,(H,17,19)/t13-/m0/s1. The lowest BCUT2D eigenvalue weighted by atomic mass is 10.0. The zero-order valence-electron chi connectivity index (χ0n) is 13.1. The molecule has 1 rings (SSSR count). The van der Waals surface area contributed by atoms with Crippen LogP contribution in [0.3, 0.4) is 0 Å². The number of carbonyl (C=O) groups excluding carboxylic acids is 2. The van der Waals surface area contributed by atoms with Gasteiger partial charge in [0.1, 0.15) is 0 Å². The molecule has 0 heterocycles. The molecule has 21 heavy (non-hydrogen) atoms. The van der Waals surface area contributed by atoms with Crippen LogP contribution in [0.1, 0.15) is 23.6 Å². The van der Waals surface area contributed by atoms with Crippen molar-refractivity contribution < 1.29 is 19.1 Å². The Morgan fingerprint density at radius 1 is 1.24 bits per heavy atom. The van der Waals surface area contributed by atoms with Gasteiger partial charge in [-0.1, -0.05) is 18.2 Å². The molecule has 5 nitrogen and oxygen atoms in total. The Hall–Kier alpha value is -1.88. The van der Waals surface area contributed by atoms with E-state index >= 15 is 0 Å². The van der Waals surface area contributed by atoms with Crippen LogP contribution in [0.4, 0.5) is 0 Å². The Morgan fingerprint density at radius 3 is 2.57 bits per heavy atom. The van der Waals surface area contributed by atoms with Gasteiger partial charge < -0.3 is 14.8 Å². The summed E-state index contributed by atoms with van der Waals surface area (Å²) in [6, 6.07) is 5.83. The van der Waals surface area contributed by atoms with Gasteiger partial charge in [-0.15, -0.1) is 0 Å². The van der Waals surface area contributed by atoms with Gasteiger partial charge in [0.05, 0.1) is 13.0 Å². The average molecular weight is 293 g/mol. The third-order valence-corrected chi connectivity index (χ3v) is 3.20. The molecule has 1 aromatic rings. The van der Waals surface area contributed by atoms with Crippen molar-refractivity contribution in [2.75, 3.05) is 20.3 Å². The molecule has 0 aliphatic rings. The van der Waals surface area contributed by atoms with Gasteiger partial charge in [0.2, 0.25) is 0 Å². The van der Waals surface area contributed by atoms with Crippen molar-refractivity contribution in [1.82, 2.24) is 5.32 Å². The highest BCUT2D eigenvalue weighted by Gasteiger charge is 2.17. The molecular formula is C16H23NO4. The van der Waals surface area contributed by atoms with Crippen molar-refractivity contribution >= 4 is 11.9 Å². The minimum atomic E-state index is -0.805. The summed E-state index contributed by atoms with van der Waals surface area (Å²) in [6.07, 6.45) is -0.641. The molecule has 116 valence electrons. The van der Waals surface area contributed by atoms with Crippen LogP contribution < -0.4 is 5.32 Å². The molecular weight excluding hydrogens is 270 g/mol. The van der Waals surface area contributed by atoms with E-state index < -0.39 is 12.1 Å². The Balaban J connectivity index is 2.45. The predicted octanol–water partition coefficient (Wildman–Crippen LogP) is 1.54.